The molecule has 0 spiro atoms. The van der Waals surface area contributed by atoms with Gasteiger partial charge in [0, 0.05) is 13.0 Å². The van der Waals surface area contributed by atoms with Gasteiger partial charge in [-0.2, -0.15) is 5.10 Å². The van der Waals surface area contributed by atoms with Crippen molar-refractivity contribution < 1.29 is 4.79 Å². The number of amides is 1. The number of H-pyrrole nitrogens is 1. The maximum atomic E-state index is 10.9. The molecule has 1 heterocycles. The van der Waals surface area contributed by atoms with E-state index in [0.717, 1.165) is 18.7 Å². The highest BCUT2D eigenvalue weighted by molar-refractivity contribution is 5.78. The number of aromatic amines is 1. The molecule has 0 unspecified atom stereocenters. The van der Waals surface area contributed by atoms with Gasteiger partial charge in [-0.1, -0.05) is 5.92 Å². The molecule has 0 bridgehead atoms. The maximum Gasteiger partial charge on any atom is 0.232 e. The fourth-order valence-electron chi connectivity index (χ4n) is 0.990. The van der Waals surface area contributed by atoms with Crippen LogP contribution in [-0.4, -0.2) is 27.6 Å². The Bertz CT molecular complexity index is 312. The number of hydrogen-bond acceptors (Lipinski definition) is 3. The molecular formula is C9H12N4O. The molecule has 0 aliphatic rings. The lowest BCUT2D eigenvalue weighted by Crippen LogP contribution is -2.23. The Morgan fingerprint density at radius 3 is 3.21 bits per heavy atom. The van der Waals surface area contributed by atoms with Crippen LogP contribution in [-0.2, 0) is 11.2 Å². The fraction of sp³-hybridized carbons (Fsp3) is 0.444. The minimum atomic E-state index is -0.106. The molecule has 5 heteroatoms. The van der Waals surface area contributed by atoms with E-state index in [2.05, 4.69) is 26.4 Å². The smallest absolute Gasteiger partial charge is 0.232 e. The highest BCUT2D eigenvalue weighted by atomic mass is 16.1. The Balaban J connectivity index is 2.06. The van der Waals surface area contributed by atoms with Crippen LogP contribution >= 0.6 is 0 Å². The van der Waals surface area contributed by atoms with Crippen molar-refractivity contribution in [3.63, 3.8) is 0 Å². The van der Waals surface area contributed by atoms with E-state index in [1.165, 1.54) is 6.33 Å². The van der Waals surface area contributed by atoms with Gasteiger partial charge in [-0.3, -0.25) is 9.89 Å². The second kappa shape index (κ2) is 5.75. The van der Waals surface area contributed by atoms with Crippen molar-refractivity contribution in [2.75, 3.05) is 6.54 Å². The molecule has 1 aromatic rings. The first-order valence-electron chi connectivity index (χ1n) is 4.37. The first-order chi connectivity index (χ1) is 6.83. The van der Waals surface area contributed by atoms with Gasteiger partial charge in [0.25, 0.3) is 0 Å². The Hall–Kier alpha value is -1.83. The summed E-state index contributed by atoms with van der Waals surface area (Å²) in [5, 5.41) is 9.16. The monoisotopic (exact) mass is 192 g/mol. The van der Waals surface area contributed by atoms with Crippen molar-refractivity contribution in [3.8, 4) is 12.3 Å². The van der Waals surface area contributed by atoms with Gasteiger partial charge in [0.1, 0.15) is 12.2 Å². The van der Waals surface area contributed by atoms with E-state index < -0.39 is 0 Å². The van der Waals surface area contributed by atoms with Crippen LogP contribution in [0.2, 0.25) is 0 Å². The number of aromatic nitrogens is 3. The molecule has 0 fully saturated rings. The van der Waals surface area contributed by atoms with Crippen molar-refractivity contribution in [1.82, 2.24) is 20.5 Å². The van der Waals surface area contributed by atoms with Crippen LogP contribution in [0.25, 0.3) is 0 Å². The number of carbonyl (C=O) groups is 1. The number of nitrogens with one attached hydrogen (secondary N) is 2. The third-order valence-corrected chi connectivity index (χ3v) is 1.64. The maximum absolute atomic E-state index is 10.9. The van der Waals surface area contributed by atoms with Crippen molar-refractivity contribution in [1.29, 1.82) is 0 Å². The average molecular weight is 192 g/mol. The van der Waals surface area contributed by atoms with Crippen LogP contribution in [0.3, 0.4) is 0 Å². The molecule has 1 aromatic heterocycles. The SMILES string of the molecule is C#CCC(=O)NCCCc1ncn[nH]1. The summed E-state index contributed by atoms with van der Waals surface area (Å²) in [6.45, 7) is 0.612. The Morgan fingerprint density at radius 1 is 1.71 bits per heavy atom. The number of nitrogens with zero attached hydrogens (tertiary/aromatic N) is 2. The highest BCUT2D eigenvalue weighted by Crippen LogP contribution is 1.91. The number of hydrogen-bond donors (Lipinski definition) is 2. The molecule has 0 aliphatic heterocycles. The summed E-state index contributed by atoms with van der Waals surface area (Å²) in [5.41, 5.74) is 0. The van der Waals surface area contributed by atoms with Gasteiger partial charge in [-0.05, 0) is 6.42 Å². The van der Waals surface area contributed by atoms with Crippen LogP contribution in [0.4, 0.5) is 0 Å². The predicted molar refractivity (Wildman–Crippen MR) is 51.2 cm³/mol. The third-order valence-electron chi connectivity index (χ3n) is 1.64. The zero-order chi connectivity index (χ0) is 10.2. The Labute approximate surface area is 82.3 Å². The van der Waals surface area contributed by atoms with Gasteiger partial charge in [0.2, 0.25) is 5.91 Å². The molecule has 1 rings (SSSR count). The van der Waals surface area contributed by atoms with E-state index in [1.54, 1.807) is 0 Å². The van der Waals surface area contributed by atoms with Crippen LogP contribution in [0.5, 0.6) is 0 Å². The van der Waals surface area contributed by atoms with Crippen molar-refractivity contribution >= 4 is 5.91 Å². The summed E-state index contributed by atoms with van der Waals surface area (Å²) in [7, 11) is 0. The molecule has 0 atom stereocenters. The lowest BCUT2D eigenvalue weighted by molar-refractivity contribution is -0.120. The molecule has 0 aliphatic carbocycles. The summed E-state index contributed by atoms with van der Waals surface area (Å²) in [5.74, 6) is 3.00. The minimum Gasteiger partial charge on any atom is -0.355 e. The molecule has 1 amide bonds. The molecule has 0 radical (unpaired) electrons. The Morgan fingerprint density at radius 2 is 2.57 bits per heavy atom. The van der Waals surface area contributed by atoms with Crippen molar-refractivity contribution in [2.24, 2.45) is 0 Å². The summed E-state index contributed by atoms with van der Waals surface area (Å²) in [4.78, 5) is 14.9. The highest BCUT2D eigenvalue weighted by Gasteiger charge is 1.98. The van der Waals surface area contributed by atoms with E-state index in [0.29, 0.717) is 6.54 Å². The molecule has 0 aromatic carbocycles. The van der Waals surface area contributed by atoms with Gasteiger partial charge < -0.3 is 5.32 Å². The van der Waals surface area contributed by atoms with Crippen LogP contribution < -0.4 is 5.32 Å². The summed E-state index contributed by atoms with van der Waals surface area (Å²) in [6.07, 6.45) is 8.18. The van der Waals surface area contributed by atoms with Crippen LogP contribution in [0.1, 0.15) is 18.7 Å². The average Bonchev–Trinajstić information content (AvgIpc) is 2.65. The zero-order valence-electron chi connectivity index (χ0n) is 7.79. The number of aryl methyl sites for hydroxylation is 1. The lowest BCUT2D eigenvalue weighted by atomic mass is 10.3. The number of rotatable bonds is 5. The van der Waals surface area contributed by atoms with E-state index in [-0.39, 0.29) is 12.3 Å². The van der Waals surface area contributed by atoms with Gasteiger partial charge in [0.15, 0.2) is 0 Å². The zero-order valence-corrected chi connectivity index (χ0v) is 7.79. The lowest BCUT2D eigenvalue weighted by Gasteiger charge is -2.00. The van der Waals surface area contributed by atoms with Crippen molar-refractivity contribution in [3.05, 3.63) is 12.2 Å². The van der Waals surface area contributed by atoms with Gasteiger partial charge in [-0.15, -0.1) is 6.42 Å². The molecular weight excluding hydrogens is 180 g/mol. The first-order valence-corrected chi connectivity index (χ1v) is 4.37. The summed E-state index contributed by atoms with van der Waals surface area (Å²) >= 11 is 0. The molecule has 0 saturated heterocycles. The second-order valence-corrected chi connectivity index (χ2v) is 2.77. The quantitative estimate of drug-likeness (QED) is 0.504. The standard InChI is InChI=1S/C9H12N4O/c1-2-4-9(14)10-6-3-5-8-11-7-12-13-8/h1,7H,3-6H2,(H,10,14)(H,11,12,13). The van der Waals surface area contributed by atoms with Crippen LogP contribution in [0, 0.1) is 12.3 Å². The summed E-state index contributed by atoms with van der Waals surface area (Å²) in [6, 6.07) is 0. The molecule has 74 valence electrons. The largest absolute Gasteiger partial charge is 0.355 e. The molecule has 2 N–H and O–H groups in total. The molecule has 0 saturated carbocycles. The normalized spacial score (nSPS) is 9.36. The Kier molecular flexibility index (Phi) is 4.21. The van der Waals surface area contributed by atoms with Gasteiger partial charge in [0.05, 0.1) is 6.42 Å². The number of terminal acetylenes is 1. The predicted octanol–water partition coefficient (Wildman–Crippen LogP) is -0.123. The van der Waals surface area contributed by atoms with Crippen LogP contribution in [0.15, 0.2) is 6.33 Å². The summed E-state index contributed by atoms with van der Waals surface area (Å²) < 4.78 is 0. The fourth-order valence-corrected chi connectivity index (χ4v) is 0.990. The second-order valence-electron chi connectivity index (χ2n) is 2.77. The topological polar surface area (TPSA) is 70.7 Å². The minimum absolute atomic E-state index is 0.106. The van der Waals surface area contributed by atoms with Gasteiger partial charge >= 0.3 is 0 Å². The van der Waals surface area contributed by atoms with E-state index in [9.17, 15) is 4.79 Å². The number of carbonyl (C=O) groups excluding carboxylic acids is 1. The molecule has 5 nitrogen and oxygen atoms in total. The van der Waals surface area contributed by atoms with E-state index in [1.807, 2.05) is 0 Å². The molecule has 14 heavy (non-hydrogen) atoms. The first kappa shape index (κ1) is 10.3. The van der Waals surface area contributed by atoms with Gasteiger partial charge in [-0.25, -0.2) is 4.98 Å². The van der Waals surface area contributed by atoms with Crippen molar-refractivity contribution in [2.45, 2.75) is 19.3 Å². The van der Waals surface area contributed by atoms with E-state index in [4.69, 9.17) is 6.42 Å². The van der Waals surface area contributed by atoms with E-state index >= 15 is 0 Å². The third kappa shape index (κ3) is 3.72.